The lowest BCUT2D eigenvalue weighted by molar-refractivity contribution is 0.140. The second-order valence-electron chi connectivity index (χ2n) is 5.14. The number of nitrogens with zero attached hydrogens (tertiary/aromatic N) is 1. The molecule has 1 aliphatic rings. The molecule has 3 nitrogen and oxygen atoms in total. The molecule has 1 unspecified atom stereocenters. The van der Waals surface area contributed by atoms with Gasteiger partial charge < -0.3 is 15.0 Å². The minimum atomic E-state index is -0.525. The highest BCUT2D eigenvalue weighted by Crippen LogP contribution is 2.19. The van der Waals surface area contributed by atoms with Gasteiger partial charge in [0.1, 0.15) is 11.6 Å². The average molecular weight is 284 g/mol. The van der Waals surface area contributed by atoms with Crippen molar-refractivity contribution in [2.24, 2.45) is 0 Å². The van der Waals surface area contributed by atoms with E-state index in [9.17, 15) is 8.78 Å². The van der Waals surface area contributed by atoms with Crippen molar-refractivity contribution in [3.05, 3.63) is 35.4 Å². The fraction of sp³-hybridized carbons (Fsp3) is 0.600. The smallest absolute Gasteiger partial charge is 0.126 e. The third kappa shape index (κ3) is 4.51. The van der Waals surface area contributed by atoms with Crippen LogP contribution in [0.5, 0.6) is 0 Å². The molecule has 0 spiro atoms. The number of hydrogen-bond acceptors (Lipinski definition) is 3. The van der Waals surface area contributed by atoms with Gasteiger partial charge in [-0.25, -0.2) is 8.78 Å². The first-order valence-corrected chi connectivity index (χ1v) is 7.12. The molecule has 1 N–H and O–H groups in total. The van der Waals surface area contributed by atoms with Crippen LogP contribution in [0.25, 0.3) is 0 Å². The fourth-order valence-corrected chi connectivity index (χ4v) is 2.59. The van der Waals surface area contributed by atoms with Crippen molar-refractivity contribution < 1.29 is 13.5 Å². The van der Waals surface area contributed by atoms with Gasteiger partial charge in [0, 0.05) is 38.3 Å². The minimum Gasteiger partial charge on any atom is -0.380 e. The normalized spacial score (nSPS) is 18.8. The van der Waals surface area contributed by atoms with E-state index in [-0.39, 0.29) is 6.04 Å². The van der Waals surface area contributed by atoms with Crippen LogP contribution < -0.4 is 5.32 Å². The van der Waals surface area contributed by atoms with Gasteiger partial charge in [-0.3, -0.25) is 0 Å². The quantitative estimate of drug-likeness (QED) is 0.898. The summed E-state index contributed by atoms with van der Waals surface area (Å²) in [6.45, 7) is 4.43. The molecule has 1 aromatic carbocycles. The Hall–Kier alpha value is -1.04. The summed E-state index contributed by atoms with van der Waals surface area (Å²) < 4.78 is 32.0. The van der Waals surface area contributed by atoms with Gasteiger partial charge in [0.2, 0.25) is 0 Å². The SMILES string of the molecule is CNC(CCN1CCCOCC1)c1cc(F)cc(F)c1. The molecule has 0 bridgehead atoms. The number of nitrogens with one attached hydrogen (secondary N) is 1. The maximum Gasteiger partial charge on any atom is 0.126 e. The van der Waals surface area contributed by atoms with Crippen LogP contribution in [0.1, 0.15) is 24.4 Å². The summed E-state index contributed by atoms with van der Waals surface area (Å²) >= 11 is 0. The van der Waals surface area contributed by atoms with E-state index in [0.29, 0.717) is 5.56 Å². The second kappa shape index (κ2) is 7.67. The van der Waals surface area contributed by atoms with Gasteiger partial charge in [0.05, 0.1) is 6.61 Å². The molecule has 5 heteroatoms. The van der Waals surface area contributed by atoms with Gasteiger partial charge in [0.15, 0.2) is 0 Å². The maximum absolute atomic E-state index is 13.3. The minimum absolute atomic E-state index is 0.0376. The zero-order valence-corrected chi connectivity index (χ0v) is 11.9. The molecular formula is C15H22F2N2O. The first-order valence-electron chi connectivity index (χ1n) is 7.12. The number of rotatable bonds is 5. The van der Waals surface area contributed by atoms with Gasteiger partial charge >= 0.3 is 0 Å². The van der Waals surface area contributed by atoms with Crippen molar-refractivity contribution in [2.75, 3.05) is 39.9 Å². The molecule has 0 aliphatic carbocycles. The molecule has 1 fully saturated rings. The monoisotopic (exact) mass is 284 g/mol. The summed E-state index contributed by atoms with van der Waals surface area (Å²) in [7, 11) is 1.82. The van der Waals surface area contributed by atoms with Gasteiger partial charge in [-0.15, -0.1) is 0 Å². The molecule has 0 amide bonds. The Morgan fingerprint density at radius 1 is 1.20 bits per heavy atom. The predicted molar refractivity (Wildman–Crippen MR) is 74.7 cm³/mol. The van der Waals surface area contributed by atoms with Crippen molar-refractivity contribution in [2.45, 2.75) is 18.9 Å². The summed E-state index contributed by atoms with van der Waals surface area (Å²) in [5, 5.41) is 3.14. The van der Waals surface area contributed by atoms with E-state index in [2.05, 4.69) is 10.2 Å². The van der Waals surface area contributed by atoms with Crippen LogP contribution in [0, 0.1) is 11.6 Å². The van der Waals surface area contributed by atoms with E-state index in [0.717, 1.165) is 51.8 Å². The van der Waals surface area contributed by atoms with Gasteiger partial charge in [-0.05, 0) is 37.6 Å². The second-order valence-corrected chi connectivity index (χ2v) is 5.14. The van der Waals surface area contributed by atoms with Crippen LogP contribution in [0.2, 0.25) is 0 Å². The first-order chi connectivity index (χ1) is 9.69. The Morgan fingerprint density at radius 3 is 2.65 bits per heavy atom. The summed E-state index contributed by atoms with van der Waals surface area (Å²) in [4.78, 5) is 2.34. The van der Waals surface area contributed by atoms with Crippen LogP contribution in [0.4, 0.5) is 8.78 Å². The lowest BCUT2D eigenvalue weighted by Crippen LogP contribution is -2.30. The third-order valence-electron chi connectivity index (χ3n) is 3.68. The molecule has 0 radical (unpaired) electrons. The highest BCUT2D eigenvalue weighted by atomic mass is 19.1. The van der Waals surface area contributed by atoms with Crippen molar-refractivity contribution in [1.82, 2.24) is 10.2 Å². The lowest BCUT2D eigenvalue weighted by atomic mass is 10.0. The maximum atomic E-state index is 13.3. The van der Waals surface area contributed by atoms with E-state index in [1.54, 1.807) is 0 Å². The predicted octanol–water partition coefficient (Wildman–Crippen LogP) is 2.34. The zero-order valence-electron chi connectivity index (χ0n) is 11.9. The molecule has 112 valence electrons. The topological polar surface area (TPSA) is 24.5 Å². The molecule has 20 heavy (non-hydrogen) atoms. The summed E-state index contributed by atoms with van der Waals surface area (Å²) in [5.41, 5.74) is 0.663. The van der Waals surface area contributed by atoms with Crippen LogP contribution in [-0.2, 0) is 4.74 Å². The summed E-state index contributed by atoms with van der Waals surface area (Å²) in [6.07, 6.45) is 1.86. The van der Waals surface area contributed by atoms with Gasteiger partial charge in [-0.1, -0.05) is 0 Å². The zero-order chi connectivity index (χ0) is 14.4. The Bertz CT molecular complexity index is 400. The van der Waals surface area contributed by atoms with E-state index >= 15 is 0 Å². The lowest BCUT2D eigenvalue weighted by Gasteiger charge is -2.23. The molecular weight excluding hydrogens is 262 g/mol. The molecule has 2 rings (SSSR count). The molecule has 0 aromatic heterocycles. The van der Waals surface area contributed by atoms with E-state index in [1.807, 2.05) is 7.05 Å². The Balaban J connectivity index is 1.94. The summed E-state index contributed by atoms with van der Waals surface area (Å²) in [6, 6.07) is 3.66. The molecule has 0 saturated carbocycles. The van der Waals surface area contributed by atoms with Crippen LogP contribution in [0.3, 0.4) is 0 Å². The number of benzene rings is 1. The first kappa shape index (κ1) is 15.4. The molecule has 1 saturated heterocycles. The Morgan fingerprint density at radius 2 is 1.95 bits per heavy atom. The number of halogens is 2. The molecule has 1 aromatic rings. The van der Waals surface area contributed by atoms with Crippen molar-refractivity contribution in [3.8, 4) is 0 Å². The fourth-order valence-electron chi connectivity index (χ4n) is 2.59. The van der Waals surface area contributed by atoms with E-state index in [1.165, 1.54) is 12.1 Å². The average Bonchev–Trinajstić information content (AvgIpc) is 2.67. The van der Waals surface area contributed by atoms with Crippen molar-refractivity contribution >= 4 is 0 Å². The van der Waals surface area contributed by atoms with E-state index < -0.39 is 11.6 Å². The van der Waals surface area contributed by atoms with E-state index in [4.69, 9.17) is 4.74 Å². The van der Waals surface area contributed by atoms with Crippen molar-refractivity contribution in [1.29, 1.82) is 0 Å². The molecule has 1 aliphatic heterocycles. The van der Waals surface area contributed by atoms with Gasteiger partial charge in [0.25, 0.3) is 0 Å². The largest absolute Gasteiger partial charge is 0.380 e. The highest BCUT2D eigenvalue weighted by Gasteiger charge is 2.15. The molecule has 1 atom stereocenters. The van der Waals surface area contributed by atoms with Gasteiger partial charge in [-0.2, -0.15) is 0 Å². The number of ether oxygens (including phenoxy) is 1. The third-order valence-corrected chi connectivity index (χ3v) is 3.68. The Kier molecular flexibility index (Phi) is 5.88. The summed E-state index contributed by atoms with van der Waals surface area (Å²) in [5.74, 6) is -1.05. The standard InChI is InChI=1S/C15H22F2N2O/c1-18-15(12-9-13(16)11-14(17)10-12)3-5-19-4-2-7-20-8-6-19/h9-11,15,18H,2-8H2,1H3. The number of hydrogen-bond donors (Lipinski definition) is 1. The highest BCUT2D eigenvalue weighted by molar-refractivity contribution is 5.21. The van der Waals surface area contributed by atoms with Crippen LogP contribution >= 0.6 is 0 Å². The van der Waals surface area contributed by atoms with Crippen LogP contribution in [-0.4, -0.2) is 44.8 Å². The van der Waals surface area contributed by atoms with Crippen molar-refractivity contribution in [3.63, 3.8) is 0 Å². The molecule has 1 heterocycles. The Labute approximate surface area is 118 Å². The van der Waals surface area contributed by atoms with Crippen LogP contribution in [0.15, 0.2) is 18.2 Å².